The highest BCUT2D eigenvalue weighted by molar-refractivity contribution is 5.75. The molecule has 4 aromatic rings. The Labute approximate surface area is 190 Å². The van der Waals surface area contributed by atoms with Gasteiger partial charge in [0.15, 0.2) is 5.58 Å². The minimum atomic E-state index is 0.620. The van der Waals surface area contributed by atoms with Gasteiger partial charge in [-0.1, -0.05) is 67.4 Å². The molecule has 32 heavy (non-hydrogen) atoms. The Kier molecular flexibility index (Phi) is 8.47. The van der Waals surface area contributed by atoms with Gasteiger partial charge >= 0.3 is 0 Å². The Morgan fingerprint density at radius 3 is 2.34 bits per heavy atom. The molecule has 0 aliphatic carbocycles. The molecule has 166 valence electrons. The summed E-state index contributed by atoms with van der Waals surface area (Å²) in [6, 6.07) is 26.8. The predicted octanol–water partition coefficient (Wildman–Crippen LogP) is 6.40. The lowest BCUT2D eigenvalue weighted by atomic mass is 10.1. The molecule has 0 radical (unpaired) electrons. The highest BCUT2D eigenvalue weighted by atomic mass is 16.5. The molecule has 0 saturated heterocycles. The second kappa shape index (κ2) is 12.2. The van der Waals surface area contributed by atoms with Gasteiger partial charge in [-0.3, -0.25) is 0 Å². The van der Waals surface area contributed by atoms with Gasteiger partial charge in [-0.25, -0.2) is 4.98 Å². The average molecular weight is 429 g/mol. The van der Waals surface area contributed by atoms with E-state index >= 15 is 0 Å². The number of hydrogen-bond acceptors (Lipinski definition) is 4. The zero-order valence-corrected chi connectivity index (χ0v) is 18.6. The molecule has 1 N–H and O–H groups in total. The van der Waals surface area contributed by atoms with Crippen LogP contribution in [0.4, 0.5) is 0 Å². The van der Waals surface area contributed by atoms with E-state index in [-0.39, 0.29) is 0 Å². The Hall–Kier alpha value is -2.95. The fourth-order valence-corrected chi connectivity index (χ4v) is 3.78. The molecule has 0 aliphatic rings. The van der Waals surface area contributed by atoms with E-state index in [4.69, 9.17) is 9.15 Å². The van der Waals surface area contributed by atoms with E-state index < -0.39 is 0 Å². The summed E-state index contributed by atoms with van der Waals surface area (Å²) in [5.41, 5.74) is 5.28. The van der Waals surface area contributed by atoms with Crippen molar-refractivity contribution in [2.75, 3.05) is 19.7 Å². The smallest absolute Gasteiger partial charge is 0.227 e. The van der Waals surface area contributed by atoms with Crippen LogP contribution >= 0.6 is 0 Å². The second-order valence-corrected chi connectivity index (χ2v) is 8.14. The number of hydrogen-bond donors (Lipinski definition) is 1. The van der Waals surface area contributed by atoms with E-state index in [0.29, 0.717) is 12.5 Å². The molecule has 3 aromatic carbocycles. The van der Waals surface area contributed by atoms with Crippen LogP contribution < -0.4 is 5.32 Å². The maximum atomic E-state index is 5.83. The number of aromatic nitrogens is 1. The molecule has 0 atom stereocenters. The lowest BCUT2D eigenvalue weighted by molar-refractivity contribution is 0.123. The number of nitrogens with one attached hydrogen (secondary N) is 1. The first kappa shape index (κ1) is 22.3. The van der Waals surface area contributed by atoms with Crippen molar-refractivity contribution in [2.45, 2.75) is 38.7 Å². The molecule has 0 saturated carbocycles. The standard InChI is InChI=1S/C28H32N2O2/c1(4-10-23-11-5-3-6-12-23)2-9-19-29-20-21-31-22-24-15-17-25(18-16-24)28-30-26-13-7-8-14-27(26)32-28/h3,5-8,11-18,29H,1-2,4,9-10,19-22H2. The third kappa shape index (κ3) is 6.78. The van der Waals surface area contributed by atoms with Crippen LogP contribution in [0.1, 0.15) is 36.8 Å². The van der Waals surface area contributed by atoms with E-state index in [9.17, 15) is 0 Å². The lowest BCUT2D eigenvalue weighted by Crippen LogP contribution is -2.20. The summed E-state index contributed by atoms with van der Waals surface area (Å²) in [5, 5.41) is 3.48. The topological polar surface area (TPSA) is 47.3 Å². The van der Waals surface area contributed by atoms with Crippen LogP contribution in [-0.4, -0.2) is 24.7 Å². The molecule has 4 rings (SSSR count). The van der Waals surface area contributed by atoms with Gasteiger partial charge in [0.25, 0.3) is 0 Å². The molecular formula is C28H32N2O2. The van der Waals surface area contributed by atoms with Gasteiger partial charge in [0, 0.05) is 12.1 Å². The monoisotopic (exact) mass is 428 g/mol. The number of fused-ring (bicyclic) bond motifs is 1. The Morgan fingerprint density at radius 2 is 1.50 bits per heavy atom. The van der Waals surface area contributed by atoms with Gasteiger partial charge in [-0.2, -0.15) is 0 Å². The Bertz CT molecular complexity index is 1020. The summed E-state index contributed by atoms with van der Waals surface area (Å²) in [7, 11) is 0. The number of unbranched alkanes of at least 4 members (excludes halogenated alkanes) is 3. The van der Waals surface area contributed by atoms with Crippen molar-refractivity contribution in [1.82, 2.24) is 10.3 Å². The zero-order chi connectivity index (χ0) is 21.8. The first-order chi connectivity index (χ1) is 15.9. The normalized spacial score (nSPS) is 11.2. The molecule has 1 heterocycles. The number of ether oxygens (including phenoxy) is 1. The third-order valence-corrected chi connectivity index (χ3v) is 5.60. The molecule has 0 spiro atoms. The molecule has 4 nitrogen and oxygen atoms in total. The molecule has 0 amide bonds. The number of aryl methyl sites for hydroxylation is 1. The fraction of sp³-hybridized carbons (Fsp3) is 0.321. The van der Waals surface area contributed by atoms with Crippen molar-refractivity contribution in [3.8, 4) is 11.5 Å². The largest absolute Gasteiger partial charge is 0.436 e. The number of nitrogens with zero attached hydrogens (tertiary/aromatic N) is 1. The van der Waals surface area contributed by atoms with Gasteiger partial charge < -0.3 is 14.5 Å². The molecule has 0 fully saturated rings. The molecule has 0 unspecified atom stereocenters. The first-order valence-electron chi connectivity index (χ1n) is 11.7. The minimum Gasteiger partial charge on any atom is -0.436 e. The number of oxazole rings is 1. The van der Waals surface area contributed by atoms with Gasteiger partial charge in [0.2, 0.25) is 5.89 Å². The van der Waals surface area contributed by atoms with Crippen molar-refractivity contribution >= 4 is 11.1 Å². The minimum absolute atomic E-state index is 0.620. The fourth-order valence-electron chi connectivity index (χ4n) is 3.78. The van der Waals surface area contributed by atoms with Crippen molar-refractivity contribution in [3.63, 3.8) is 0 Å². The summed E-state index contributed by atoms with van der Waals surface area (Å²) in [6.07, 6.45) is 6.28. The van der Waals surface area contributed by atoms with Crippen LogP contribution in [-0.2, 0) is 17.8 Å². The van der Waals surface area contributed by atoms with E-state index in [0.717, 1.165) is 41.9 Å². The molecule has 4 heteroatoms. The van der Waals surface area contributed by atoms with Gasteiger partial charge in [-0.15, -0.1) is 0 Å². The summed E-state index contributed by atoms with van der Waals surface area (Å²) in [6.45, 7) is 3.30. The summed E-state index contributed by atoms with van der Waals surface area (Å²) in [5.74, 6) is 0.655. The maximum Gasteiger partial charge on any atom is 0.227 e. The number of para-hydroxylation sites is 2. The summed E-state index contributed by atoms with van der Waals surface area (Å²) in [4.78, 5) is 4.55. The van der Waals surface area contributed by atoms with Gasteiger partial charge in [-0.05, 0) is 61.2 Å². The highest BCUT2D eigenvalue weighted by Gasteiger charge is 2.07. The predicted molar refractivity (Wildman–Crippen MR) is 131 cm³/mol. The summed E-state index contributed by atoms with van der Waals surface area (Å²) < 4.78 is 11.6. The van der Waals surface area contributed by atoms with E-state index in [1.54, 1.807) is 0 Å². The van der Waals surface area contributed by atoms with Crippen LogP contribution in [0.2, 0.25) is 0 Å². The van der Waals surface area contributed by atoms with E-state index in [1.807, 2.05) is 36.4 Å². The number of benzene rings is 3. The SMILES string of the molecule is c1ccc(CCCCCCNCCOCc2ccc(-c3nc4ccccc4o3)cc2)cc1. The van der Waals surface area contributed by atoms with Crippen molar-refractivity contribution in [3.05, 3.63) is 90.0 Å². The Morgan fingerprint density at radius 1 is 0.719 bits per heavy atom. The van der Waals surface area contributed by atoms with Gasteiger partial charge in [0.1, 0.15) is 5.52 Å². The van der Waals surface area contributed by atoms with Gasteiger partial charge in [0.05, 0.1) is 13.2 Å². The van der Waals surface area contributed by atoms with Crippen LogP contribution in [0.3, 0.4) is 0 Å². The van der Waals surface area contributed by atoms with Crippen LogP contribution in [0, 0.1) is 0 Å². The molecule has 1 aromatic heterocycles. The maximum absolute atomic E-state index is 5.83. The van der Waals surface area contributed by atoms with Crippen molar-refractivity contribution < 1.29 is 9.15 Å². The molecular weight excluding hydrogens is 396 g/mol. The van der Waals surface area contributed by atoms with Crippen molar-refractivity contribution in [1.29, 1.82) is 0 Å². The van der Waals surface area contributed by atoms with E-state index in [1.165, 1.54) is 37.7 Å². The summed E-state index contributed by atoms with van der Waals surface area (Å²) >= 11 is 0. The van der Waals surface area contributed by atoms with Crippen LogP contribution in [0.5, 0.6) is 0 Å². The average Bonchev–Trinajstić information content (AvgIpc) is 3.28. The second-order valence-electron chi connectivity index (χ2n) is 8.14. The van der Waals surface area contributed by atoms with E-state index in [2.05, 4.69) is 52.8 Å². The third-order valence-electron chi connectivity index (χ3n) is 5.60. The molecule has 0 aliphatic heterocycles. The quantitative estimate of drug-likeness (QED) is 0.250. The first-order valence-corrected chi connectivity index (χ1v) is 11.7. The molecule has 0 bridgehead atoms. The lowest BCUT2D eigenvalue weighted by Gasteiger charge is -2.07. The zero-order valence-electron chi connectivity index (χ0n) is 18.6. The Balaban J connectivity index is 1.04. The number of rotatable bonds is 13. The van der Waals surface area contributed by atoms with Crippen LogP contribution in [0.25, 0.3) is 22.6 Å². The van der Waals surface area contributed by atoms with Crippen LogP contribution in [0.15, 0.2) is 83.3 Å². The highest BCUT2D eigenvalue weighted by Crippen LogP contribution is 2.24. The van der Waals surface area contributed by atoms with Crippen molar-refractivity contribution in [2.24, 2.45) is 0 Å².